The van der Waals surface area contributed by atoms with Crippen LogP contribution in [0.3, 0.4) is 0 Å². The summed E-state index contributed by atoms with van der Waals surface area (Å²) in [5.41, 5.74) is -0.0811. The van der Waals surface area contributed by atoms with Crippen molar-refractivity contribution >= 4 is 23.0 Å². The lowest BCUT2D eigenvalue weighted by atomic mass is 10.0. The van der Waals surface area contributed by atoms with E-state index in [1.165, 1.54) is 29.5 Å². The van der Waals surface area contributed by atoms with Gasteiger partial charge in [-0.3, -0.25) is 9.59 Å². The number of nitrogens with one attached hydrogen (secondary N) is 1. The fourth-order valence-corrected chi connectivity index (χ4v) is 3.15. The SMILES string of the molecule is CN(C)C(CNC(=O)CCC(=O)c1cccs1)c1c(F)cccc1F. The molecule has 1 aromatic heterocycles. The van der Waals surface area contributed by atoms with Gasteiger partial charge in [-0.1, -0.05) is 12.1 Å². The third-order valence-electron chi connectivity index (χ3n) is 3.82. The molecule has 25 heavy (non-hydrogen) atoms. The smallest absolute Gasteiger partial charge is 0.220 e. The number of rotatable bonds is 8. The Morgan fingerprint density at radius 1 is 1.12 bits per heavy atom. The van der Waals surface area contributed by atoms with Crippen LogP contribution >= 0.6 is 11.3 Å². The quantitative estimate of drug-likeness (QED) is 0.729. The zero-order valence-corrected chi connectivity index (χ0v) is 14.9. The van der Waals surface area contributed by atoms with Crippen molar-refractivity contribution < 1.29 is 18.4 Å². The lowest BCUT2D eigenvalue weighted by molar-refractivity contribution is -0.121. The monoisotopic (exact) mass is 366 g/mol. The average molecular weight is 366 g/mol. The van der Waals surface area contributed by atoms with E-state index in [0.29, 0.717) is 4.88 Å². The molecule has 0 bridgehead atoms. The van der Waals surface area contributed by atoms with Gasteiger partial charge >= 0.3 is 0 Å². The van der Waals surface area contributed by atoms with Crippen LogP contribution in [0.15, 0.2) is 35.7 Å². The van der Waals surface area contributed by atoms with Gasteiger partial charge in [0, 0.05) is 24.9 Å². The van der Waals surface area contributed by atoms with Gasteiger partial charge in [0.2, 0.25) is 5.91 Å². The maximum Gasteiger partial charge on any atom is 0.220 e. The molecule has 0 saturated carbocycles. The first-order valence-electron chi connectivity index (χ1n) is 7.84. The van der Waals surface area contributed by atoms with E-state index in [4.69, 9.17) is 0 Å². The molecule has 1 N–H and O–H groups in total. The van der Waals surface area contributed by atoms with Crippen LogP contribution in [0.2, 0.25) is 0 Å². The summed E-state index contributed by atoms with van der Waals surface area (Å²) in [4.78, 5) is 26.1. The second-order valence-corrected chi connectivity index (χ2v) is 6.77. The van der Waals surface area contributed by atoms with Crippen LogP contribution < -0.4 is 5.32 Å². The zero-order valence-electron chi connectivity index (χ0n) is 14.1. The Balaban J connectivity index is 1.93. The van der Waals surface area contributed by atoms with Crippen LogP contribution in [0.1, 0.15) is 34.1 Å². The molecule has 0 aliphatic heterocycles. The Morgan fingerprint density at radius 3 is 2.36 bits per heavy atom. The minimum Gasteiger partial charge on any atom is -0.354 e. The molecule has 134 valence electrons. The lowest BCUT2D eigenvalue weighted by Gasteiger charge is -2.25. The largest absolute Gasteiger partial charge is 0.354 e. The van der Waals surface area contributed by atoms with Gasteiger partial charge in [0.1, 0.15) is 11.6 Å². The van der Waals surface area contributed by atoms with Crippen molar-refractivity contribution in [2.24, 2.45) is 0 Å². The van der Waals surface area contributed by atoms with Crippen LogP contribution in [0.4, 0.5) is 8.78 Å². The second-order valence-electron chi connectivity index (χ2n) is 5.82. The van der Waals surface area contributed by atoms with E-state index in [1.54, 1.807) is 36.5 Å². The maximum atomic E-state index is 14.0. The summed E-state index contributed by atoms with van der Waals surface area (Å²) in [5.74, 6) is -1.72. The predicted molar refractivity (Wildman–Crippen MR) is 93.7 cm³/mol. The Kier molecular flexibility index (Phi) is 6.78. The minimum absolute atomic E-state index is 0.0383. The van der Waals surface area contributed by atoms with Gasteiger partial charge in [-0.25, -0.2) is 8.78 Å². The first-order valence-corrected chi connectivity index (χ1v) is 8.72. The summed E-state index contributed by atoms with van der Waals surface area (Å²) in [5, 5.41) is 4.46. The molecule has 2 aromatic rings. The average Bonchev–Trinajstić information content (AvgIpc) is 3.09. The van der Waals surface area contributed by atoms with Crippen molar-refractivity contribution in [1.82, 2.24) is 10.2 Å². The van der Waals surface area contributed by atoms with E-state index >= 15 is 0 Å². The van der Waals surface area contributed by atoms with E-state index in [-0.39, 0.29) is 36.6 Å². The molecule has 1 unspecified atom stereocenters. The van der Waals surface area contributed by atoms with Crippen LogP contribution in [-0.2, 0) is 4.79 Å². The molecule has 1 atom stereocenters. The molecule has 0 saturated heterocycles. The van der Waals surface area contributed by atoms with Crippen molar-refractivity contribution in [2.45, 2.75) is 18.9 Å². The number of halogens is 2. The number of Topliss-reactive ketones (excluding diaryl/α,β-unsaturated/α-hetero) is 1. The van der Waals surface area contributed by atoms with Gasteiger partial charge in [0.25, 0.3) is 0 Å². The predicted octanol–water partition coefficient (Wildman–Crippen LogP) is 3.41. The van der Waals surface area contributed by atoms with E-state index in [0.717, 1.165) is 0 Å². The molecule has 0 fully saturated rings. The number of thiophene rings is 1. The highest BCUT2D eigenvalue weighted by Gasteiger charge is 2.22. The Morgan fingerprint density at radius 2 is 1.80 bits per heavy atom. The third kappa shape index (κ3) is 5.17. The molecule has 1 aromatic carbocycles. The Bertz CT molecular complexity index is 712. The van der Waals surface area contributed by atoms with Crippen molar-refractivity contribution in [1.29, 1.82) is 0 Å². The first-order chi connectivity index (χ1) is 11.9. The molecule has 7 heteroatoms. The van der Waals surface area contributed by atoms with E-state index < -0.39 is 17.7 Å². The van der Waals surface area contributed by atoms with Crippen molar-refractivity contribution in [2.75, 3.05) is 20.6 Å². The number of hydrogen-bond donors (Lipinski definition) is 1. The molecule has 4 nitrogen and oxygen atoms in total. The molecule has 1 heterocycles. The summed E-state index contributed by atoms with van der Waals surface area (Å²) in [7, 11) is 3.37. The van der Waals surface area contributed by atoms with Crippen LogP contribution in [0, 0.1) is 11.6 Å². The molecular weight excluding hydrogens is 346 g/mol. The van der Waals surface area contributed by atoms with Crippen molar-refractivity contribution in [3.05, 3.63) is 57.8 Å². The molecule has 1 amide bonds. The highest BCUT2D eigenvalue weighted by Crippen LogP contribution is 2.24. The van der Waals surface area contributed by atoms with Gasteiger partial charge in [0.15, 0.2) is 5.78 Å². The third-order valence-corrected chi connectivity index (χ3v) is 4.73. The molecule has 0 aliphatic carbocycles. The van der Waals surface area contributed by atoms with E-state index in [2.05, 4.69) is 5.32 Å². The van der Waals surface area contributed by atoms with Crippen LogP contribution in [-0.4, -0.2) is 37.2 Å². The highest BCUT2D eigenvalue weighted by molar-refractivity contribution is 7.12. The van der Waals surface area contributed by atoms with Crippen LogP contribution in [0.25, 0.3) is 0 Å². The van der Waals surface area contributed by atoms with Crippen LogP contribution in [0.5, 0.6) is 0 Å². The van der Waals surface area contributed by atoms with Gasteiger partial charge in [0.05, 0.1) is 10.9 Å². The zero-order chi connectivity index (χ0) is 18.4. The topological polar surface area (TPSA) is 49.4 Å². The number of amides is 1. The number of carbonyl (C=O) groups excluding carboxylic acids is 2. The number of nitrogens with zero attached hydrogens (tertiary/aromatic N) is 1. The number of hydrogen-bond acceptors (Lipinski definition) is 4. The summed E-state index contributed by atoms with van der Waals surface area (Å²) in [6, 6.07) is 6.54. The van der Waals surface area contributed by atoms with E-state index in [1.807, 2.05) is 0 Å². The summed E-state index contributed by atoms with van der Waals surface area (Å²) in [6.07, 6.45) is 0.143. The summed E-state index contributed by atoms with van der Waals surface area (Å²) >= 11 is 1.33. The summed E-state index contributed by atoms with van der Waals surface area (Å²) < 4.78 is 27.9. The first kappa shape index (κ1) is 19.2. The fraction of sp³-hybridized carbons (Fsp3) is 0.333. The maximum absolute atomic E-state index is 14.0. The normalized spacial score (nSPS) is 12.2. The van der Waals surface area contributed by atoms with Crippen molar-refractivity contribution in [3.63, 3.8) is 0 Å². The molecule has 0 radical (unpaired) electrons. The summed E-state index contributed by atoms with van der Waals surface area (Å²) in [6.45, 7) is 0.0525. The lowest BCUT2D eigenvalue weighted by Crippen LogP contribution is -2.35. The molecule has 0 spiro atoms. The standard InChI is InChI=1S/C18H20F2N2O2S/c1-22(2)14(18-12(19)5-3-6-13(18)20)11-21-17(24)9-8-15(23)16-7-4-10-25-16/h3-7,10,14H,8-9,11H2,1-2H3,(H,21,24). The number of likely N-dealkylation sites (N-methyl/N-ethyl adjacent to an activating group) is 1. The van der Waals surface area contributed by atoms with Crippen molar-refractivity contribution in [3.8, 4) is 0 Å². The molecule has 2 rings (SSSR count). The number of carbonyl (C=O) groups is 2. The van der Waals surface area contributed by atoms with E-state index in [9.17, 15) is 18.4 Å². The number of benzene rings is 1. The molecule has 0 aliphatic rings. The van der Waals surface area contributed by atoms with Gasteiger partial charge < -0.3 is 10.2 Å². The fourth-order valence-electron chi connectivity index (χ4n) is 2.46. The van der Waals surface area contributed by atoms with Gasteiger partial charge in [-0.15, -0.1) is 11.3 Å². The minimum atomic E-state index is -0.652. The Hall–Kier alpha value is -2.12. The molecular formula is C18H20F2N2O2S. The second kappa shape index (κ2) is 8.82. The van der Waals surface area contributed by atoms with Gasteiger partial charge in [-0.2, -0.15) is 0 Å². The highest BCUT2D eigenvalue weighted by atomic mass is 32.1. The number of ketones is 1. The van der Waals surface area contributed by atoms with Gasteiger partial charge in [-0.05, 0) is 37.7 Å². The Labute approximate surface area is 149 Å².